The molecule has 0 unspecified atom stereocenters. The molecule has 0 aliphatic heterocycles. The zero-order valence-electron chi connectivity index (χ0n) is 11.4. The van der Waals surface area contributed by atoms with Crippen LogP contribution in [0.15, 0.2) is 41.5 Å². The molecule has 0 fully saturated rings. The maximum absolute atomic E-state index is 2.41. The van der Waals surface area contributed by atoms with Crippen LogP contribution in [0.2, 0.25) is 0 Å². The van der Waals surface area contributed by atoms with E-state index in [2.05, 4.69) is 51.1 Å². The van der Waals surface area contributed by atoms with E-state index >= 15 is 0 Å². The molecule has 0 nitrogen and oxygen atoms in total. The summed E-state index contributed by atoms with van der Waals surface area (Å²) in [6, 6.07) is 10.9. The molecule has 0 radical (unpaired) electrons. The summed E-state index contributed by atoms with van der Waals surface area (Å²) in [4.78, 5) is 0. The average molecular weight is 228 g/mol. The van der Waals surface area contributed by atoms with E-state index in [1.54, 1.807) is 11.1 Å². The van der Waals surface area contributed by atoms with Gasteiger partial charge in [-0.1, -0.05) is 55.3 Å². The summed E-state index contributed by atoms with van der Waals surface area (Å²) in [5.41, 5.74) is 5.26. The van der Waals surface area contributed by atoms with E-state index in [9.17, 15) is 0 Å². The molecule has 0 saturated carbocycles. The first kappa shape index (κ1) is 12.4. The molecule has 1 aliphatic carbocycles. The molecule has 0 atom stereocenters. The monoisotopic (exact) mass is 228 g/mol. The van der Waals surface area contributed by atoms with Gasteiger partial charge in [0.25, 0.3) is 0 Å². The third-order valence-electron chi connectivity index (χ3n) is 4.19. The van der Waals surface area contributed by atoms with E-state index in [0.717, 1.165) is 0 Å². The first-order chi connectivity index (χ1) is 8.09. The first-order valence-electron chi connectivity index (χ1n) is 6.82. The van der Waals surface area contributed by atoms with Crippen molar-refractivity contribution in [2.45, 2.75) is 52.9 Å². The van der Waals surface area contributed by atoms with Crippen molar-refractivity contribution in [2.75, 3.05) is 0 Å². The quantitative estimate of drug-likeness (QED) is 0.628. The minimum Gasteiger partial charge on any atom is -0.0736 e. The van der Waals surface area contributed by atoms with Crippen LogP contribution in [0, 0.1) is 5.41 Å². The Hall–Kier alpha value is -1.04. The van der Waals surface area contributed by atoms with Crippen LogP contribution < -0.4 is 0 Å². The van der Waals surface area contributed by atoms with E-state index in [0.29, 0.717) is 5.41 Å². The van der Waals surface area contributed by atoms with Crippen LogP contribution in [-0.4, -0.2) is 0 Å². The summed E-state index contributed by atoms with van der Waals surface area (Å²) in [5.74, 6) is 0. The van der Waals surface area contributed by atoms with Gasteiger partial charge in [0.15, 0.2) is 0 Å². The standard InChI is InChI=1S/C17H24/c1-14-8-7-13-17(2,3)16(14)12-11-15-9-5-4-6-10-15/h4-6,9-10H,7-8,11-13H2,1-3H3. The van der Waals surface area contributed by atoms with E-state index in [-0.39, 0.29) is 0 Å². The van der Waals surface area contributed by atoms with Gasteiger partial charge in [0.2, 0.25) is 0 Å². The highest BCUT2D eigenvalue weighted by Gasteiger charge is 2.27. The summed E-state index contributed by atoms with van der Waals surface area (Å²) in [7, 11) is 0. The third-order valence-corrected chi connectivity index (χ3v) is 4.19. The Kier molecular flexibility index (Phi) is 3.71. The second kappa shape index (κ2) is 5.08. The molecule has 2 rings (SSSR count). The second-order valence-electron chi connectivity index (χ2n) is 5.98. The van der Waals surface area contributed by atoms with Gasteiger partial charge in [-0.05, 0) is 50.0 Å². The highest BCUT2D eigenvalue weighted by Crippen LogP contribution is 2.42. The molecule has 17 heavy (non-hydrogen) atoms. The minimum absolute atomic E-state index is 0.428. The van der Waals surface area contributed by atoms with Gasteiger partial charge in [0.1, 0.15) is 0 Å². The van der Waals surface area contributed by atoms with Gasteiger partial charge >= 0.3 is 0 Å². The summed E-state index contributed by atoms with van der Waals surface area (Å²) < 4.78 is 0. The van der Waals surface area contributed by atoms with Crippen LogP contribution in [0.4, 0.5) is 0 Å². The van der Waals surface area contributed by atoms with E-state index in [4.69, 9.17) is 0 Å². The van der Waals surface area contributed by atoms with Crippen molar-refractivity contribution >= 4 is 0 Å². The number of hydrogen-bond acceptors (Lipinski definition) is 0. The lowest BCUT2D eigenvalue weighted by Gasteiger charge is -2.34. The van der Waals surface area contributed by atoms with Gasteiger partial charge in [-0.3, -0.25) is 0 Å². The lowest BCUT2D eigenvalue weighted by molar-refractivity contribution is 0.354. The largest absolute Gasteiger partial charge is 0.0736 e. The lowest BCUT2D eigenvalue weighted by atomic mass is 9.71. The average Bonchev–Trinajstić information content (AvgIpc) is 2.29. The molecule has 0 bridgehead atoms. The van der Waals surface area contributed by atoms with E-state index in [1.165, 1.54) is 37.7 Å². The summed E-state index contributed by atoms with van der Waals surface area (Å²) in [6.07, 6.45) is 6.47. The molecule has 1 aromatic rings. The van der Waals surface area contributed by atoms with Gasteiger partial charge in [-0.2, -0.15) is 0 Å². The van der Waals surface area contributed by atoms with Gasteiger partial charge < -0.3 is 0 Å². The maximum Gasteiger partial charge on any atom is -0.0142 e. The Morgan fingerprint density at radius 3 is 2.41 bits per heavy atom. The van der Waals surface area contributed by atoms with E-state index < -0.39 is 0 Å². The predicted octanol–water partition coefficient (Wildman–Crippen LogP) is 5.15. The van der Waals surface area contributed by atoms with Crippen LogP contribution in [0.3, 0.4) is 0 Å². The van der Waals surface area contributed by atoms with Gasteiger partial charge in [0.05, 0.1) is 0 Å². The Labute approximate surface area is 106 Å². The number of hydrogen-bond donors (Lipinski definition) is 0. The summed E-state index contributed by atoms with van der Waals surface area (Å²) >= 11 is 0. The smallest absolute Gasteiger partial charge is 0.0142 e. The van der Waals surface area contributed by atoms with Crippen molar-refractivity contribution in [3.8, 4) is 0 Å². The molecule has 0 amide bonds. The summed E-state index contributed by atoms with van der Waals surface area (Å²) in [5, 5.41) is 0. The molecule has 0 saturated heterocycles. The fourth-order valence-corrected chi connectivity index (χ4v) is 3.14. The van der Waals surface area contributed by atoms with Crippen molar-refractivity contribution < 1.29 is 0 Å². The van der Waals surface area contributed by atoms with Crippen LogP contribution in [-0.2, 0) is 6.42 Å². The van der Waals surface area contributed by atoms with Crippen molar-refractivity contribution in [1.29, 1.82) is 0 Å². The fourth-order valence-electron chi connectivity index (χ4n) is 3.14. The van der Waals surface area contributed by atoms with Crippen molar-refractivity contribution in [3.63, 3.8) is 0 Å². The second-order valence-corrected chi connectivity index (χ2v) is 5.98. The van der Waals surface area contributed by atoms with Crippen LogP contribution in [0.25, 0.3) is 0 Å². The molecule has 0 heteroatoms. The molecule has 0 N–H and O–H groups in total. The predicted molar refractivity (Wildman–Crippen MR) is 75.1 cm³/mol. The molecule has 0 spiro atoms. The zero-order valence-corrected chi connectivity index (χ0v) is 11.4. The Morgan fingerprint density at radius 1 is 1.06 bits per heavy atom. The molecular weight excluding hydrogens is 204 g/mol. The summed E-state index contributed by atoms with van der Waals surface area (Å²) in [6.45, 7) is 7.16. The number of allylic oxidation sites excluding steroid dienone is 2. The van der Waals surface area contributed by atoms with Crippen molar-refractivity contribution in [3.05, 3.63) is 47.0 Å². The van der Waals surface area contributed by atoms with Crippen LogP contribution in [0.1, 0.15) is 52.0 Å². The van der Waals surface area contributed by atoms with Gasteiger partial charge in [-0.15, -0.1) is 0 Å². The van der Waals surface area contributed by atoms with Crippen molar-refractivity contribution in [2.24, 2.45) is 5.41 Å². The highest BCUT2D eigenvalue weighted by molar-refractivity contribution is 5.24. The van der Waals surface area contributed by atoms with E-state index in [1.807, 2.05) is 0 Å². The van der Waals surface area contributed by atoms with Crippen LogP contribution >= 0.6 is 0 Å². The minimum atomic E-state index is 0.428. The maximum atomic E-state index is 2.41. The molecule has 0 heterocycles. The Balaban J connectivity index is 2.07. The Morgan fingerprint density at radius 2 is 1.76 bits per heavy atom. The molecule has 1 aliphatic rings. The van der Waals surface area contributed by atoms with Crippen molar-refractivity contribution in [1.82, 2.24) is 0 Å². The van der Waals surface area contributed by atoms with Crippen LogP contribution in [0.5, 0.6) is 0 Å². The number of aryl methyl sites for hydroxylation is 1. The SMILES string of the molecule is CC1=C(CCc2ccccc2)C(C)(C)CCC1. The number of rotatable bonds is 3. The first-order valence-corrected chi connectivity index (χ1v) is 6.82. The molecule has 1 aromatic carbocycles. The lowest BCUT2D eigenvalue weighted by Crippen LogP contribution is -2.20. The molecule has 92 valence electrons. The highest BCUT2D eigenvalue weighted by atomic mass is 14.3. The third kappa shape index (κ3) is 3.00. The molecular formula is C17H24. The topological polar surface area (TPSA) is 0 Å². The fraction of sp³-hybridized carbons (Fsp3) is 0.529. The Bertz CT molecular complexity index is 395. The molecule has 0 aromatic heterocycles. The van der Waals surface area contributed by atoms with Gasteiger partial charge in [-0.25, -0.2) is 0 Å². The normalized spacial score (nSPS) is 19.5. The zero-order chi connectivity index (χ0) is 12.3. The van der Waals surface area contributed by atoms with Gasteiger partial charge in [0, 0.05) is 0 Å². The number of benzene rings is 1.